The average molecular weight is 542 g/mol. The van der Waals surface area contributed by atoms with Gasteiger partial charge in [-0.25, -0.2) is 9.37 Å². The molecule has 4 rings (SSSR count). The van der Waals surface area contributed by atoms with Crippen LogP contribution in [0.5, 0.6) is 5.75 Å². The molecule has 0 spiro atoms. The normalized spacial score (nSPS) is 11.5. The first-order chi connectivity index (χ1) is 18.7. The molecule has 0 atom stereocenters. The zero-order valence-corrected chi connectivity index (χ0v) is 21.2. The Morgan fingerprint density at radius 1 is 0.949 bits per heavy atom. The lowest BCUT2D eigenvalue weighted by atomic mass is 10.1. The summed E-state index contributed by atoms with van der Waals surface area (Å²) in [6.45, 7) is 3.32. The van der Waals surface area contributed by atoms with E-state index in [9.17, 15) is 22.4 Å². The van der Waals surface area contributed by atoms with Crippen molar-refractivity contribution in [2.24, 2.45) is 0 Å². The highest BCUT2D eigenvalue weighted by molar-refractivity contribution is 5.91. The van der Waals surface area contributed by atoms with Crippen molar-refractivity contribution in [1.82, 2.24) is 15.2 Å². The molecule has 1 aromatic heterocycles. The van der Waals surface area contributed by atoms with Crippen molar-refractivity contribution in [3.8, 4) is 5.75 Å². The van der Waals surface area contributed by atoms with Gasteiger partial charge >= 0.3 is 6.18 Å². The molecule has 1 amide bonds. The second-order valence-corrected chi connectivity index (χ2v) is 8.86. The SMILES string of the molecule is CCOc1ccc(CN(Cc2cccc(C(F)(F)F)c2)Cc2nc(C(=O)NCc3ccc(F)cc3)co2)cc1. The Bertz CT molecular complexity index is 1370. The van der Waals surface area contributed by atoms with E-state index in [1.165, 1.54) is 24.5 Å². The van der Waals surface area contributed by atoms with Gasteiger partial charge < -0.3 is 14.5 Å². The second-order valence-electron chi connectivity index (χ2n) is 8.86. The topological polar surface area (TPSA) is 67.6 Å². The summed E-state index contributed by atoms with van der Waals surface area (Å²) < 4.78 is 63.9. The molecule has 0 saturated carbocycles. The van der Waals surface area contributed by atoms with Crippen molar-refractivity contribution in [3.63, 3.8) is 0 Å². The number of hydrogen-bond acceptors (Lipinski definition) is 5. The fourth-order valence-electron chi connectivity index (χ4n) is 3.94. The van der Waals surface area contributed by atoms with Gasteiger partial charge in [0.2, 0.25) is 5.89 Å². The predicted octanol–water partition coefficient (Wildman–Crippen LogP) is 6.36. The highest BCUT2D eigenvalue weighted by atomic mass is 19.4. The molecular weight excluding hydrogens is 514 g/mol. The van der Waals surface area contributed by atoms with Crippen molar-refractivity contribution < 1.29 is 31.5 Å². The third-order valence-corrected chi connectivity index (χ3v) is 5.81. The van der Waals surface area contributed by atoms with Gasteiger partial charge in [0.05, 0.1) is 18.7 Å². The van der Waals surface area contributed by atoms with Crippen LogP contribution in [0.25, 0.3) is 0 Å². The smallest absolute Gasteiger partial charge is 0.416 e. The molecule has 0 unspecified atom stereocenters. The summed E-state index contributed by atoms with van der Waals surface area (Å²) in [5.74, 6) is 0.117. The molecule has 0 aliphatic rings. The highest BCUT2D eigenvalue weighted by Gasteiger charge is 2.30. The van der Waals surface area contributed by atoms with Gasteiger partial charge in [0.25, 0.3) is 5.91 Å². The van der Waals surface area contributed by atoms with E-state index in [1.54, 1.807) is 18.2 Å². The number of nitrogens with zero attached hydrogens (tertiary/aromatic N) is 2. The van der Waals surface area contributed by atoms with Gasteiger partial charge in [-0.2, -0.15) is 13.2 Å². The summed E-state index contributed by atoms with van der Waals surface area (Å²) in [5, 5.41) is 2.70. The van der Waals surface area contributed by atoms with E-state index in [-0.39, 0.29) is 37.0 Å². The largest absolute Gasteiger partial charge is 0.494 e. The number of carbonyl (C=O) groups excluding carboxylic acids is 1. The highest BCUT2D eigenvalue weighted by Crippen LogP contribution is 2.30. The van der Waals surface area contributed by atoms with Gasteiger partial charge in [-0.3, -0.25) is 9.69 Å². The fourth-order valence-corrected chi connectivity index (χ4v) is 3.94. The molecule has 6 nitrogen and oxygen atoms in total. The lowest BCUT2D eigenvalue weighted by molar-refractivity contribution is -0.137. The number of benzene rings is 3. The van der Waals surface area contributed by atoms with Gasteiger partial charge in [-0.1, -0.05) is 42.5 Å². The molecule has 10 heteroatoms. The lowest BCUT2D eigenvalue weighted by Gasteiger charge is -2.22. The number of rotatable bonds is 11. The van der Waals surface area contributed by atoms with Gasteiger partial charge in [0.15, 0.2) is 5.69 Å². The van der Waals surface area contributed by atoms with Crippen LogP contribution in [0.2, 0.25) is 0 Å². The fraction of sp³-hybridized carbons (Fsp3) is 0.241. The standard InChI is InChI=1S/C29H27F4N3O3/c1-2-38-25-12-8-21(9-13-25)16-36(17-22-4-3-5-23(14-22)29(31,32)33)18-27-35-26(19-39-27)28(37)34-15-20-6-10-24(30)11-7-20/h3-14,19H,2,15-18H2,1H3,(H,34,37). The van der Waals surface area contributed by atoms with E-state index >= 15 is 0 Å². The minimum absolute atomic E-state index is 0.0622. The van der Waals surface area contributed by atoms with Crippen LogP contribution < -0.4 is 10.1 Å². The summed E-state index contributed by atoms with van der Waals surface area (Å²) in [4.78, 5) is 18.7. The summed E-state index contributed by atoms with van der Waals surface area (Å²) in [6.07, 6.45) is -3.22. The molecular formula is C29H27F4N3O3. The zero-order valence-electron chi connectivity index (χ0n) is 21.2. The minimum Gasteiger partial charge on any atom is -0.494 e. The van der Waals surface area contributed by atoms with Gasteiger partial charge in [-0.15, -0.1) is 0 Å². The molecule has 4 aromatic rings. The molecule has 0 fully saturated rings. The van der Waals surface area contributed by atoms with Gasteiger partial charge in [-0.05, 0) is 53.9 Å². The molecule has 0 aliphatic heterocycles. The summed E-state index contributed by atoms with van der Waals surface area (Å²) in [5.41, 5.74) is 1.44. The van der Waals surface area contributed by atoms with Crippen molar-refractivity contribution >= 4 is 5.91 Å². The van der Waals surface area contributed by atoms with Crippen LogP contribution in [0.1, 0.15) is 45.6 Å². The average Bonchev–Trinajstić information content (AvgIpc) is 3.38. The predicted molar refractivity (Wildman–Crippen MR) is 136 cm³/mol. The van der Waals surface area contributed by atoms with Crippen molar-refractivity contribution in [3.05, 3.63) is 119 Å². The quantitative estimate of drug-likeness (QED) is 0.224. The van der Waals surface area contributed by atoms with E-state index in [0.29, 0.717) is 18.7 Å². The van der Waals surface area contributed by atoms with Gasteiger partial charge in [0.1, 0.15) is 17.8 Å². The van der Waals surface area contributed by atoms with Crippen molar-refractivity contribution in [2.75, 3.05) is 6.61 Å². The molecule has 0 bridgehead atoms. The van der Waals surface area contributed by atoms with Crippen molar-refractivity contribution in [2.45, 2.75) is 39.3 Å². The molecule has 3 aromatic carbocycles. The maximum Gasteiger partial charge on any atom is 0.416 e. The summed E-state index contributed by atoms with van der Waals surface area (Å²) in [6, 6.07) is 18.3. The number of ether oxygens (including phenoxy) is 1. The third-order valence-electron chi connectivity index (χ3n) is 5.81. The van der Waals surface area contributed by atoms with E-state index in [0.717, 1.165) is 29.0 Å². The second kappa shape index (κ2) is 12.6. The van der Waals surface area contributed by atoms with E-state index < -0.39 is 17.6 Å². The Hall–Kier alpha value is -4.18. The number of nitrogens with one attached hydrogen (secondary N) is 1. The molecule has 0 radical (unpaired) electrons. The third kappa shape index (κ3) is 8.15. The number of alkyl halides is 3. The summed E-state index contributed by atoms with van der Waals surface area (Å²) >= 11 is 0. The molecule has 39 heavy (non-hydrogen) atoms. The lowest BCUT2D eigenvalue weighted by Crippen LogP contribution is -2.24. The first-order valence-corrected chi connectivity index (χ1v) is 12.3. The van der Waals surface area contributed by atoms with Crippen LogP contribution in [-0.4, -0.2) is 22.4 Å². The molecule has 1 N–H and O–H groups in total. The van der Waals surface area contributed by atoms with E-state index in [2.05, 4.69) is 10.3 Å². The monoisotopic (exact) mass is 541 g/mol. The minimum atomic E-state index is -4.45. The van der Waals surface area contributed by atoms with Crippen LogP contribution in [0.4, 0.5) is 17.6 Å². The zero-order chi connectivity index (χ0) is 27.8. The van der Waals surface area contributed by atoms with E-state index in [4.69, 9.17) is 9.15 Å². The van der Waals surface area contributed by atoms with Crippen LogP contribution in [0, 0.1) is 5.82 Å². The Kier molecular flexibility index (Phi) is 8.98. The number of halogens is 4. The molecule has 0 saturated heterocycles. The Labute approximate surface area is 223 Å². The number of oxazole rings is 1. The Balaban J connectivity index is 1.47. The number of aromatic nitrogens is 1. The first-order valence-electron chi connectivity index (χ1n) is 12.3. The maximum atomic E-state index is 13.3. The first kappa shape index (κ1) is 27.8. The molecule has 1 heterocycles. The Morgan fingerprint density at radius 2 is 1.64 bits per heavy atom. The van der Waals surface area contributed by atoms with Gasteiger partial charge in [0, 0.05) is 19.6 Å². The maximum absolute atomic E-state index is 13.3. The van der Waals surface area contributed by atoms with Crippen molar-refractivity contribution in [1.29, 1.82) is 0 Å². The summed E-state index contributed by atoms with van der Waals surface area (Å²) in [7, 11) is 0. The number of hydrogen-bond donors (Lipinski definition) is 1. The van der Waals surface area contributed by atoms with Crippen LogP contribution in [0.15, 0.2) is 83.5 Å². The molecule has 204 valence electrons. The van der Waals surface area contributed by atoms with Crippen LogP contribution in [0.3, 0.4) is 0 Å². The van der Waals surface area contributed by atoms with Crippen LogP contribution >= 0.6 is 0 Å². The Morgan fingerprint density at radius 3 is 2.33 bits per heavy atom. The van der Waals surface area contributed by atoms with E-state index in [1.807, 2.05) is 36.1 Å². The molecule has 0 aliphatic carbocycles. The number of carbonyl (C=O) groups is 1. The van der Waals surface area contributed by atoms with Crippen LogP contribution in [-0.2, 0) is 32.4 Å². The number of amides is 1.